The average Bonchev–Trinajstić information content (AvgIpc) is 3.97. The summed E-state index contributed by atoms with van der Waals surface area (Å²) < 4.78 is 4.36. The molecule has 266 valence electrons. The van der Waals surface area contributed by atoms with E-state index in [4.69, 9.17) is 20.3 Å². The molecule has 0 fully saturated rings. The molecular formula is C46H41N7O. The Morgan fingerprint density at radius 3 is 2.00 bits per heavy atom. The molecule has 0 saturated carbocycles. The minimum Gasteiger partial charge on any atom is -0.396 e. The van der Waals surface area contributed by atoms with Crippen molar-refractivity contribution in [1.82, 2.24) is 34.7 Å². The second kappa shape index (κ2) is 14.0. The van der Waals surface area contributed by atoms with Crippen molar-refractivity contribution in [2.75, 3.05) is 6.61 Å². The van der Waals surface area contributed by atoms with Crippen molar-refractivity contribution < 1.29 is 5.11 Å². The third-order valence-corrected chi connectivity index (χ3v) is 11.0. The van der Waals surface area contributed by atoms with E-state index in [0.29, 0.717) is 12.2 Å². The van der Waals surface area contributed by atoms with E-state index in [1.807, 2.05) is 22.9 Å². The quantitative estimate of drug-likeness (QED) is 0.143. The van der Waals surface area contributed by atoms with Gasteiger partial charge >= 0.3 is 0 Å². The van der Waals surface area contributed by atoms with Crippen LogP contribution < -0.4 is 0 Å². The number of hydrogen-bond donors (Lipinski definition) is 1. The Kier molecular flexibility index (Phi) is 8.67. The first kappa shape index (κ1) is 33.6. The summed E-state index contributed by atoms with van der Waals surface area (Å²) in [6.07, 6.45) is 3.26. The second-order valence-corrected chi connectivity index (χ2v) is 14.1. The van der Waals surface area contributed by atoms with Crippen LogP contribution in [-0.2, 0) is 24.8 Å². The minimum absolute atomic E-state index is 0.0708. The van der Waals surface area contributed by atoms with E-state index in [1.54, 1.807) is 0 Å². The smallest absolute Gasteiger partial charge is 0.184 e. The van der Waals surface area contributed by atoms with Gasteiger partial charge in [0.25, 0.3) is 0 Å². The number of aliphatic hydroxyl groups excluding tert-OH is 1. The molecule has 0 aliphatic heterocycles. The van der Waals surface area contributed by atoms with E-state index in [9.17, 15) is 5.11 Å². The Morgan fingerprint density at radius 1 is 0.741 bits per heavy atom. The van der Waals surface area contributed by atoms with Crippen LogP contribution in [0, 0.1) is 6.92 Å². The van der Waals surface area contributed by atoms with Crippen LogP contribution in [0.1, 0.15) is 64.3 Å². The van der Waals surface area contributed by atoms with Crippen LogP contribution in [0.25, 0.3) is 33.7 Å². The van der Waals surface area contributed by atoms with Gasteiger partial charge in [-0.2, -0.15) is 0 Å². The van der Waals surface area contributed by atoms with Crippen LogP contribution in [0.4, 0.5) is 0 Å². The molecule has 8 nitrogen and oxygen atoms in total. The molecule has 1 atom stereocenters. The van der Waals surface area contributed by atoms with Crippen molar-refractivity contribution in [3.8, 4) is 22.5 Å². The standard InChI is InChI=1S/C46H41N7O/c1-3-42-48-43-31(2)29-37(27-28-54)47-45(43)52(42)41-26-24-33-30-32(23-25-39(33)41)38-21-13-14-22-40(38)44-49-50-51-53(44)46(34-15-7-4-8-16-34,35-17-9-5-10-18-35)36-19-11-6-12-20-36/h4-23,25,29-30,41,54H,3,24,26-28H2,1-2H3. The summed E-state index contributed by atoms with van der Waals surface area (Å²) in [4.78, 5) is 10.1. The van der Waals surface area contributed by atoms with Gasteiger partial charge in [-0.15, -0.1) is 5.10 Å². The predicted molar refractivity (Wildman–Crippen MR) is 212 cm³/mol. The third kappa shape index (κ3) is 5.44. The molecule has 9 rings (SSSR count). The maximum atomic E-state index is 9.68. The fraction of sp³-hybridized carbons (Fsp3) is 0.196. The highest BCUT2D eigenvalue weighted by Gasteiger charge is 2.42. The first-order chi connectivity index (χ1) is 26.6. The average molecular weight is 708 g/mol. The van der Waals surface area contributed by atoms with Gasteiger partial charge in [0.1, 0.15) is 16.9 Å². The Balaban J connectivity index is 1.18. The molecule has 1 unspecified atom stereocenters. The van der Waals surface area contributed by atoms with E-state index < -0.39 is 5.54 Å². The van der Waals surface area contributed by atoms with E-state index in [2.05, 4.69) is 145 Å². The zero-order valence-corrected chi connectivity index (χ0v) is 30.5. The Morgan fingerprint density at radius 2 is 1.37 bits per heavy atom. The topological polar surface area (TPSA) is 94.5 Å². The van der Waals surface area contributed by atoms with Crippen LogP contribution in [0.15, 0.2) is 140 Å². The zero-order chi connectivity index (χ0) is 36.6. The molecule has 0 bridgehead atoms. The summed E-state index contributed by atoms with van der Waals surface area (Å²) >= 11 is 0. The lowest BCUT2D eigenvalue weighted by Gasteiger charge is -2.36. The maximum absolute atomic E-state index is 9.68. The lowest BCUT2D eigenvalue weighted by molar-refractivity contribution is 0.298. The number of imidazole rings is 1. The Labute approximate surface area is 314 Å². The van der Waals surface area contributed by atoms with Gasteiger partial charge in [-0.1, -0.05) is 140 Å². The summed E-state index contributed by atoms with van der Waals surface area (Å²) in [6.45, 7) is 4.32. The van der Waals surface area contributed by atoms with Crippen molar-refractivity contribution in [2.45, 2.75) is 51.1 Å². The van der Waals surface area contributed by atoms with E-state index in [-0.39, 0.29) is 12.6 Å². The molecule has 0 amide bonds. The summed E-state index contributed by atoms with van der Waals surface area (Å²) in [5.41, 5.74) is 11.9. The fourth-order valence-corrected chi connectivity index (χ4v) is 8.59. The molecule has 54 heavy (non-hydrogen) atoms. The van der Waals surface area contributed by atoms with Gasteiger partial charge in [0, 0.05) is 30.7 Å². The molecule has 1 aliphatic rings. The number of nitrogens with zero attached hydrogens (tertiary/aromatic N) is 7. The molecule has 1 aliphatic carbocycles. The summed E-state index contributed by atoms with van der Waals surface area (Å²) in [5.74, 6) is 1.72. The van der Waals surface area contributed by atoms with E-state index >= 15 is 0 Å². The van der Waals surface area contributed by atoms with Crippen LogP contribution in [0.3, 0.4) is 0 Å². The normalized spacial score (nSPS) is 14.1. The SMILES string of the molecule is CCc1nc2c(C)cc(CCO)nc2n1C1CCc2cc(-c3ccccc3-c3nnnn3C(c3ccccc3)(c3ccccc3)c3ccccc3)ccc21. The Hall–Kier alpha value is -6.25. The first-order valence-corrected chi connectivity index (χ1v) is 18.8. The number of aliphatic hydroxyl groups is 1. The van der Waals surface area contributed by atoms with Gasteiger partial charge < -0.3 is 9.67 Å². The minimum atomic E-state index is -0.852. The second-order valence-electron chi connectivity index (χ2n) is 14.1. The molecule has 3 heterocycles. The maximum Gasteiger partial charge on any atom is 0.184 e. The number of fused-ring (bicyclic) bond motifs is 2. The molecule has 3 aromatic heterocycles. The van der Waals surface area contributed by atoms with Gasteiger partial charge in [0.15, 0.2) is 11.5 Å². The zero-order valence-electron chi connectivity index (χ0n) is 30.5. The van der Waals surface area contributed by atoms with Crippen molar-refractivity contribution in [2.24, 2.45) is 0 Å². The van der Waals surface area contributed by atoms with Gasteiger partial charge in [-0.25, -0.2) is 14.6 Å². The van der Waals surface area contributed by atoms with Crippen molar-refractivity contribution >= 4 is 11.2 Å². The number of pyridine rings is 1. The molecule has 0 spiro atoms. The molecule has 8 aromatic rings. The van der Waals surface area contributed by atoms with Crippen LogP contribution >= 0.6 is 0 Å². The predicted octanol–water partition coefficient (Wildman–Crippen LogP) is 8.53. The largest absolute Gasteiger partial charge is 0.396 e. The molecule has 0 saturated heterocycles. The third-order valence-electron chi connectivity index (χ3n) is 11.0. The monoisotopic (exact) mass is 707 g/mol. The first-order valence-electron chi connectivity index (χ1n) is 18.8. The Bertz CT molecular complexity index is 2480. The van der Waals surface area contributed by atoms with E-state index in [0.717, 1.165) is 80.9 Å². The lowest BCUT2D eigenvalue weighted by atomic mass is 9.77. The van der Waals surface area contributed by atoms with Gasteiger partial charge in [0.05, 0.1) is 6.04 Å². The summed E-state index contributed by atoms with van der Waals surface area (Å²) in [5, 5.41) is 23.6. The molecule has 5 aromatic carbocycles. The lowest BCUT2D eigenvalue weighted by Crippen LogP contribution is -2.39. The van der Waals surface area contributed by atoms with Crippen molar-refractivity contribution in [1.29, 1.82) is 0 Å². The summed E-state index contributed by atoms with van der Waals surface area (Å²) in [7, 11) is 0. The molecular weight excluding hydrogens is 667 g/mol. The number of benzene rings is 5. The highest BCUT2D eigenvalue weighted by atomic mass is 16.3. The van der Waals surface area contributed by atoms with Crippen molar-refractivity contribution in [3.05, 3.63) is 184 Å². The van der Waals surface area contributed by atoms with E-state index in [1.165, 1.54) is 11.1 Å². The van der Waals surface area contributed by atoms with Crippen LogP contribution in [0.5, 0.6) is 0 Å². The van der Waals surface area contributed by atoms with Crippen LogP contribution in [-0.4, -0.2) is 46.5 Å². The molecule has 0 radical (unpaired) electrons. The van der Waals surface area contributed by atoms with Gasteiger partial charge in [-0.05, 0) is 80.8 Å². The highest BCUT2D eigenvalue weighted by Crippen LogP contribution is 2.45. The van der Waals surface area contributed by atoms with Crippen molar-refractivity contribution in [3.63, 3.8) is 0 Å². The fourth-order valence-electron chi connectivity index (χ4n) is 8.59. The number of aromatic nitrogens is 7. The highest BCUT2D eigenvalue weighted by molar-refractivity contribution is 5.82. The number of rotatable bonds is 10. The number of aryl methyl sites for hydroxylation is 3. The number of hydrogen-bond acceptors (Lipinski definition) is 6. The summed E-state index contributed by atoms with van der Waals surface area (Å²) in [6, 6.07) is 49.1. The number of tetrazole rings is 1. The molecule has 8 heteroatoms. The van der Waals surface area contributed by atoms with Crippen LogP contribution in [0.2, 0.25) is 0 Å². The van der Waals surface area contributed by atoms with Gasteiger partial charge in [-0.3, -0.25) is 0 Å². The molecule has 1 N–H and O–H groups in total. The van der Waals surface area contributed by atoms with Gasteiger partial charge in [0.2, 0.25) is 0 Å².